The van der Waals surface area contributed by atoms with Crippen LogP contribution in [0.3, 0.4) is 0 Å². The van der Waals surface area contributed by atoms with Crippen molar-refractivity contribution in [2.24, 2.45) is 0 Å². The third kappa shape index (κ3) is 3.92. The van der Waals surface area contributed by atoms with Crippen molar-refractivity contribution in [3.63, 3.8) is 0 Å². The minimum atomic E-state index is -1.15. The summed E-state index contributed by atoms with van der Waals surface area (Å²) in [6.07, 6.45) is 1.55. The Hall–Kier alpha value is -2.95. The van der Waals surface area contributed by atoms with Gasteiger partial charge in [0.05, 0.1) is 25.0 Å². The van der Waals surface area contributed by atoms with Gasteiger partial charge < -0.3 is 15.2 Å². The third-order valence-electron chi connectivity index (χ3n) is 4.44. The second-order valence-corrected chi connectivity index (χ2v) is 6.38. The van der Waals surface area contributed by atoms with Gasteiger partial charge in [-0.3, -0.25) is 0 Å². The minimum Gasteiger partial charge on any atom is -0.382 e. The molecular weight excluding hydrogens is 342 g/mol. The van der Waals surface area contributed by atoms with Crippen molar-refractivity contribution in [2.45, 2.75) is 38.6 Å². The standard InChI is InChI=1S/C20H23N5O2/c1-3-20(13-21,18-10-9-17-19(22)23-14-24-25(17)18)27-15(2)11-26-12-16-7-5-4-6-8-16/h4-10,14-15H,3,11-12H2,1-2H3,(H2,22,23,24). The highest BCUT2D eigenvalue weighted by atomic mass is 16.5. The molecule has 7 nitrogen and oxygen atoms in total. The lowest BCUT2D eigenvalue weighted by Gasteiger charge is -2.29. The maximum atomic E-state index is 9.93. The topological polar surface area (TPSA) is 98.5 Å². The van der Waals surface area contributed by atoms with Crippen molar-refractivity contribution in [1.29, 1.82) is 5.26 Å². The Labute approximate surface area is 158 Å². The zero-order valence-corrected chi connectivity index (χ0v) is 15.5. The first kappa shape index (κ1) is 18.8. The van der Waals surface area contributed by atoms with Crippen molar-refractivity contribution < 1.29 is 9.47 Å². The van der Waals surface area contributed by atoms with Crippen molar-refractivity contribution in [1.82, 2.24) is 14.6 Å². The fourth-order valence-electron chi connectivity index (χ4n) is 3.04. The van der Waals surface area contributed by atoms with E-state index < -0.39 is 5.60 Å². The first-order valence-corrected chi connectivity index (χ1v) is 8.89. The zero-order chi connectivity index (χ0) is 19.3. The minimum absolute atomic E-state index is 0.280. The summed E-state index contributed by atoms with van der Waals surface area (Å²) in [7, 11) is 0. The summed E-state index contributed by atoms with van der Waals surface area (Å²) in [5.41, 5.74) is 7.13. The number of rotatable bonds is 8. The summed E-state index contributed by atoms with van der Waals surface area (Å²) in [6.45, 7) is 4.67. The summed E-state index contributed by atoms with van der Waals surface area (Å²) in [4.78, 5) is 3.99. The Morgan fingerprint density at radius 3 is 2.74 bits per heavy atom. The van der Waals surface area contributed by atoms with E-state index in [4.69, 9.17) is 15.2 Å². The summed E-state index contributed by atoms with van der Waals surface area (Å²) in [5, 5.41) is 14.2. The molecule has 0 bridgehead atoms. The Kier molecular flexibility index (Phi) is 5.69. The quantitative estimate of drug-likeness (QED) is 0.659. The number of nitrogens with zero attached hydrogens (tertiary/aromatic N) is 4. The second kappa shape index (κ2) is 8.16. The molecule has 0 saturated heterocycles. The Morgan fingerprint density at radius 1 is 1.26 bits per heavy atom. The lowest BCUT2D eigenvalue weighted by atomic mass is 9.98. The van der Waals surface area contributed by atoms with Gasteiger partial charge in [-0.15, -0.1) is 0 Å². The predicted octanol–water partition coefficient (Wildman–Crippen LogP) is 3.06. The van der Waals surface area contributed by atoms with E-state index in [1.165, 1.54) is 6.33 Å². The number of hydrogen-bond donors (Lipinski definition) is 1. The number of nitrogens with two attached hydrogens (primary N) is 1. The van der Waals surface area contributed by atoms with Crippen LogP contribution < -0.4 is 5.73 Å². The summed E-state index contributed by atoms with van der Waals surface area (Å²) in [6, 6.07) is 15.9. The fraction of sp³-hybridized carbons (Fsp3) is 0.350. The molecule has 2 unspecified atom stereocenters. The maximum Gasteiger partial charge on any atom is 0.196 e. The van der Waals surface area contributed by atoms with Gasteiger partial charge in [-0.2, -0.15) is 10.4 Å². The number of ether oxygens (including phenoxy) is 2. The molecule has 7 heteroatoms. The van der Waals surface area contributed by atoms with E-state index in [0.29, 0.717) is 36.7 Å². The van der Waals surface area contributed by atoms with Crippen molar-refractivity contribution in [3.8, 4) is 6.07 Å². The molecule has 0 aliphatic heterocycles. The summed E-state index contributed by atoms with van der Waals surface area (Å²) in [5.74, 6) is 0.360. The van der Waals surface area contributed by atoms with E-state index in [1.807, 2.05) is 50.2 Å². The van der Waals surface area contributed by atoms with Crippen LogP contribution in [-0.4, -0.2) is 27.3 Å². The van der Waals surface area contributed by atoms with Crippen LogP contribution in [0.2, 0.25) is 0 Å². The van der Waals surface area contributed by atoms with Crippen LogP contribution in [0.5, 0.6) is 0 Å². The SMILES string of the molecule is CCC(C#N)(OC(C)COCc1ccccc1)c1ccc2c(N)ncnn12. The average Bonchev–Trinajstić information content (AvgIpc) is 3.13. The highest BCUT2D eigenvalue weighted by molar-refractivity contribution is 5.65. The molecule has 1 aromatic carbocycles. The first-order valence-electron chi connectivity index (χ1n) is 8.89. The fourth-order valence-corrected chi connectivity index (χ4v) is 3.04. The van der Waals surface area contributed by atoms with E-state index in [-0.39, 0.29) is 6.10 Å². The number of nitriles is 1. The average molecular weight is 365 g/mol. The molecule has 2 heterocycles. The van der Waals surface area contributed by atoms with Gasteiger partial charge in [0.15, 0.2) is 11.4 Å². The monoisotopic (exact) mass is 365 g/mol. The van der Waals surface area contributed by atoms with Gasteiger partial charge in [0.2, 0.25) is 0 Å². The van der Waals surface area contributed by atoms with Gasteiger partial charge in [-0.05, 0) is 31.0 Å². The molecule has 2 aromatic heterocycles. The van der Waals surface area contributed by atoms with Crippen LogP contribution in [-0.2, 0) is 21.7 Å². The van der Waals surface area contributed by atoms with Crippen LogP contribution in [0.15, 0.2) is 48.8 Å². The van der Waals surface area contributed by atoms with Gasteiger partial charge in [0.1, 0.15) is 17.9 Å². The molecule has 0 amide bonds. The zero-order valence-electron chi connectivity index (χ0n) is 15.5. The molecule has 3 aromatic rings. The molecule has 0 radical (unpaired) electrons. The maximum absolute atomic E-state index is 9.93. The summed E-state index contributed by atoms with van der Waals surface area (Å²) >= 11 is 0. The van der Waals surface area contributed by atoms with E-state index in [1.54, 1.807) is 10.6 Å². The second-order valence-electron chi connectivity index (χ2n) is 6.38. The molecular formula is C20H23N5O2. The van der Waals surface area contributed by atoms with Gasteiger partial charge in [-0.25, -0.2) is 9.50 Å². The van der Waals surface area contributed by atoms with Crippen molar-refractivity contribution >= 4 is 11.3 Å². The van der Waals surface area contributed by atoms with E-state index in [0.717, 1.165) is 5.56 Å². The lowest BCUT2D eigenvalue weighted by molar-refractivity contribution is -0.0935. The third-order valence-corrected chi connectivity index (χ3v) is 4.44. The smallest absolute Gasteiger partial charge is 0.196 e. The largest absolute Gasteiger partial charge is 0.382 e. The molecule has 27 heavy (non-hydrogen) atoms. The van der Waals surface area contributed by atoms with Crippen LogP contribution in [0.25, 0.3) is 5.52 Å². The molecule has 2 atom stereocenters. The molecule has 0 fully saturated rings. The molecule has 0 saturated carbocycles. The lowest BCUT2D eigenvalue weighted by Crippen LogP contribution is -2.34. The Morgan fingerprint density at radius 2 is 2.04 bits per heavy atom. The van der Waals surface area contributed by atoms with Gasteiger partial charge in [-0.1, -0.05) is 37.3 Å². The highest BCUT2D eigenvalue weighted by Crippen LogP contribution is 2.32. The number of aromatic nitrogens is 3. The summed E-state index contributed by atoms with van der Waals surface area (Å²) < 4.78 is 13.5. The normalized spacial score (nSPS) is 14.6. The van der Waals surface area contributed by atoms with Crippen LogP contribution in [0, 0.1) is 11.3 Å². The first-order chi connectivity index (χ1) is 13.1. The van der Waals surface area contributed by atoms with Crippen LogP contribution in [0.4, 0.5) is 5.82 Å². The molecule has 0 aliphatic rings. The number of benzene rings is 1. The van der Waals surface area contributed by atoms with Gasteiger partial charge in [0.25, 0.3) is 0 Å². The van der Waals surface area contributed by atoms with Crippen LogP contribution >= 0.6 is 0 Å². The van der Waals surface area contributed by atoms with Gasteiger partial charge in [0, 0.05) is 0 Å². The molecule has 0 spiro atoms. The Balaban J connectivity index is 1.74. The van der Waals surface area contributed by atoms with Gasteiger partial charge >= 0.3 is 0 Å². The molecule has 0 aliphatic carbocycles. The molecule has 3 rings (SSSR count). The highest BCUT2D eigenvalue weighted by Gasteiger charge is 2.37. The van der Waals surface area contributed by atoms with Crippen molar-refractivity contribution in [2.75, 3.05) is 12.3 Å². The number of hydrogen-bond acceptors (Lipinski definition) is 6. The number of fused-ring (bicyclic) bond motifs is 1. The molecule has 140 valence electrons. The number of anilines is 1. The number of nitrogen functional groups attached to an aromatic ring is 1. The predicted molar refractivity (Wildman–Crippen MR) is 102 cm³/mol. The van der Waals surface area contributed by atoms with E-state index in [9.17, 15) is 5.26 Å². The van der Waals surface area contributed by atoms with Crippen LogP contribution in [0.1, 0.15) is 31.5 Å². The Bertz CT molecular complexity index is 934. The van der Waals surface area contributed by atoms with Crippen molar-refractivity contribution in [3.05, 3.63) is 60.0 Å². The van der Waals surface area contributed by atoms with E-state index >= 15 is 0 Å². The molecule has 2 N–H and O–H groups in total. The van der Waals surface area contributed by atoms with E-state index in [2.05, 4.69) is 16.2 Å².